The van der Waals surface area contributed by atoms with Crippen LogP contribution in [0, 0.1) is 0 Å². The number of hydrogen-bond donors (Lipinski definition) is 2. The minimum absolute atomic E-state index is 0.175. The lowest BCUT2D eigenvalue weighted by atomic mass is 10.1. The summed E-state index contributed by atoms with van der Waals surface area (Å²) in [5.74, 6) is 0.532. The first-order chi connectivity index (χ1) is 14.1. The number of ether oxygens (including phenoxy) is 1. The van der Waals surface area contributed by atoms with Crippen LogP contribution >= 0.6 is 0 Å². The number of rotatable bonds is 6. The highest BCUT2D eigenvalue weighted by atomic mass is 16.5. The van der Waals surface area contributed by atoms with E-state index < -0.39 is 0 Å². The van der Waals surface area contributed by atoms with Crippen molar-refractivity contribution in [3.8, 4) is 17.0 Å². The standard InChI is InChI=1S/C22H20N4O3/c1-29-17-8-6-15(7-9-17)19-13-21(27)26(14-24-19)11-10-23-22(28)20-12-16-4-2-3-5-18(16)25-20/h2-9,12-14,25H,10-11H2,1H3,(H,23,28). The van der Waals surface area contributed by atoms with Crippen LogP contribution in [-0.2, 0) is 6.54 Å². The van der Waals surface area contributed by atoms with Crippen molar-refractivity contribution in [2.45, 2.75) is 6.54 Å². The van der Waals surface area contributed by atoms with E-state index in [1.165, 1.54) is 17.0 Å². The van der Waals surface area contributed by atoms with Gasteiger partial charge in [0.2, 0.25) is 0 Å². The highest BCUT2D eigenvalue weighted by molar-refractivity contribution is 5.97. The fraction of sp³-hybridized carbons (Fsp3) is 0.136. The number of carbonyl (C=O) groups excluding carboxylic acids is 1. The second-order valence-corrected chi connectivity index (χ2v) is 6.56. The van der Waals surface area contributed by atoms with Gasteiger partial charge in [-0.25, -0.2) is 4.98 Å². The molecule has 0 unspecified atom stereocenters. The Labute approximate surface area is 167 Å². The van der Waals surface area contributed by atoms with Crippen molar-refractivity contribution < 1.29 is 9.53 Å². The summed E-state index contributed by atoms with van der Waals surface area (Å²) in [4.78, 5) is 32.1. The third-order valence-electron chi connectivity index (χ3n) is 4.68. The van der Waals surface area contributed by atoms with Crippen LogP contribution in [0.15, 0.2) is 71.8 Å². The Bertz CT molecular complexity index is 1180. The fourth-order valence-electron chi connectivity index (χ4n) is 3.09. The van der Waals surface area contributed by atoms with Gasteiger partial charge < -0.3 is 15.0 Å². The van der Waals surface area contributed by atoms with Crippen molar-refractivity contribution in [2.24, 2.45) is 0 Å². The minimum Gasteiger partial charge on any atom is -0.497 e. The summed E-state index contributed by atoms with van der Waals surface area (Å²) < 4.78 is 6.61. The molecule has 7 nitrogen and oxygen atoms in total. The molecule has 2 aromatic carbocycles. The maximum absolute atomic E-state index is 12.4. The van der Waals surface area contributed by atoms with Crippen LogP contribution in [0.2, 0.25) is 0 Å². The Kier molecular flexibility index (Phi) is 5.11. The van der Waals surface area contributed by atoms with E-state index in [-0.39, 0.29) is 11.5 Å². The van der Waals surface area contributed by atoms with E-state index >= 15 is 0 Å². The van der Waals surface area contributed by atoms with Gasteiger partial charge in [-0.2, -0.15) is 0 Å². The summed E-state index contributed by atoms with van der Waals surface area (Å²) in [5, 5.41) is 3.80. The zero-order valence-corrected chi connectivity index (χ0v) is 15.9. The first-order valence-corrected chi connectivity index (χ1v) is 9.21. The van der Waals surface area contributed by atoms with Crippen molar-refractivity contribution in [1.82, 2.24) is 19.9 Å². The Balaban J connectivity index is 1.39. The van der Waals surface area contributed by atoms with Crippen molar-refractivity contribution >= 4 is 16.8 Å². The number of aromatic amines is 1. The SMILES string of the molecule is COc1ccc(-c2cc(=O)n(CCNC(=O)c3cc4ccccc4[nH]3)cn2)cc1. The molecule has 1 amide bonds. The Morgan fingerprint density at radius 1 is 1.14 bits per heavy atom. The lowest BCUT2D eigenvalue weighted by Gasteiger charge is -2.08. The van der Waals surface area contributed by atoms with Crippen molar-refractivity contribution in [3.05, 3.63) is 83.0 Å². The van der Waals surface area contributed by atoms with E-state index in [9.17, 15) is 9.59 Å². The molecule has 4 aromatic rings. The molecule has 0 saturated carbocycles. The fourth-order valence-corrected chi connectivity index (χ4v) is 3.09. The molecule has 0 saturated heterocycles. The Morgan fingerprint density at radius 2 is 1.93 bits per heavy atom. The zero-order chi connectivity index (χ0) is 20.2. The summed E-state index contributed by atoms with van der Waals surface area (Å²) in [5.41, 5.74) is 2.66. The van der Waals surface area contributed by atoms with Gasteiger partial charge in [0, 0.05) is 35.6 Å². The number of H-pyrrole nitrogens is 1. The molecule has 0 aliphatic heterocycles. The Hall–Kier alpha value is -3.87. The largest absolute Gasteiger partial charge is 0.497 e. The third-order valence-corrected chi connectivity index (χ3v) is 4.68. The number of fused-ring (bicyclic) bond motifs is 1. The average molecular weight is 388 g/mol. The van der Waals surface area contributed by atoms with E-state index in [1.807, 2.05) is 54.6 Å². The maximum atomic E-state index is 12.4. The number of benzene rings is 2. The smallest absolute Gasteiger partial charge is 0.267 e. The number of nitrogens with one attached hydrogen (secondary N) is 2. The molecule has 7 heteroatoms. The van der Waals surface area contributed by atoms with Crippen LogP contribution in [0.1, 0.15) is 10.5 Å². The normalized spacial score (nSPS) is 10.8. The first kappa shape index (κ1) is 18.5. The molecule has 2 N–H and O–H groups in total. The molecule has 0 radical (unpaired) electrons. The summed E-state index contributed by atoms with van der Waals surface area (Å²) >= 11 is 0. The van der Waals surface area contributed by atoms with Crippen molar-refractivity contribution in [3.63, 3.8) is 0 Å². The van der Waals surface area contributed by atoms with Crippen LogP contribution in [-0.4, -0.2) is 34.1 Å². The van der Waals surface area contributed by atoms with Crippen LogP contribution in [0.5, 0.6) is 5.75 Å². The third kappa shape index (κ3) is 4.03. The number of hydrogen-bond acceptors (Lipinski definition) is 4. The van der Waals surface area contributed by atoms with Crippen molar-refractivity contribution in [2.75, 3.05) is 13.7 Å². The molecule has 0 atom stereocenters. The number of carbonyl (C=O) groups is 1. The minimum atomic E-state index is -0.211. The molecule has 0 aliphatic carbocycles. The number of methoxy groups -OCH3 is 1. The highest BCUT2D eigenvalue weighted by Crippen LogP contribution is 2.19. The Morgan fingerprint density at radius 3 is 2.66 bits per heavy atom. The van der Waals surface area contributed by atoms with Gasteiger partial charge in [0.25, 0.3) is 11.5 Å². The second-order valence-electron chi connectivity index (χ2n) is 6.56. The first-order valence-electron chi connectivity index (χ1n) is 9.21. The van der Waals surface area contributed by atoms with Gasteiger partial charge in [-0.15, -0.1) is 0 Å². The average Bonchev–Trinajstić information content (AvgIpc) is 3.19. The molecule has 0 aliphatic rings. The second kappa shape index (κ2) is 8.02. The number of amides is 1. The predicted molar refractivity (Wildman–Crippen MR) is 111 cm³/mol. The van der Waals surface area contributed by atoms with E-state index in [0.717, 1.165) is 22.2 Å². The van der Waals surface area contributed by atoms with Gasteiger partial charge in [0.15, 0.2) is 0 Å². The van der Waals surface area contributed by atoms with Gasteiger partial charge in [0.1, 0.15) is 11.4 Å². The summed E-state index contributed by atoms with van der Waals surface area (Å²) in [6.07, 6.45) is 1.50. The van der Waals surface area contributed by atoms with Gasteiger partial charge in [0.05, 0.1) is 19.1 Å². The van der Waals surface area contributed by atoms with Crippen LogP contribution in [0.3, 0.4) is 0 Å². The van der Waals surface area contributed by atoms with E-state index in [1.54, 1.807) is 7.11 Å². The molecular formula is C22H20N4O3. The molecule has 29 heavy (non-hydrogen) atoms. The van der Waals surface area contributed by atoms with E-state index in [4.69, 9.17) is 4.74 Å². The summed E-state index contributed by atoms with van der Waals surface area (Å²) in [6.45, 7) is 0.651. The monoisotopic (exact) mass is 388 g/mol. The van der Waals surface area contributed by atoms with E-state index in [2.05, 4.69) is 15.3 Å². The van der Waals surface area contributed by atoms with Crippen LogP contribution < -0.4 is 15.6 Å². The molecule has 146 valence electrons. The van der Waals surface area contributed by atoms with E-state index in [0.29, 0.717) is 24.5 Å². The molecule has 2 heterocycles. The van der Waals surface area contributed by atoms with Gasteiger partial charge >= 0.3 is 0 Å². The lowest BCUT2D eigenvalue weighted by molar-refractivity contribution is 0.0948. The predicted octanol–water partition coefficient (Wildman–Crippen LogP) is 2.83. The molecule has 2 aromatic heterocycles. The molecular weight excluding hydrogens is 368 g/mol. The van der Waals surface area contributed by atoms with Crippen molar-refractivity contribution in [1.29, 1.82) is 0 Å². The highest BCUT2D eigenvalue weighted by Gasteiger charge is 2.09. The van der Waals surface area contributed by atoms with Crippen LogP contribution in [0.25, 0.3) is 22.2 Å². The van der Waals surface area contributed by atoms with Crippen LogP contribution in [0.4, 0.5) is 0 Å². The summed E-state index contributed by atoms with van der Waals surface area (Å²) in [7, 11) is 1.60. The summed E-state index contributed by atoms with van der Waals surface area (Å²) in [6, 6.07) is 18.3. The number of para-hydroxylation sites is 1. The van der Waals surface area contributed by atoms with Gasteiger partial charge in [-0.3, -0.25) is 14.2 Å². The van der Waals surface area contributed by atoms with Gasteiger partial charge in [-0.05, 0) is 36.4 Å². The number of nitrogens with zero attached hydrogens (tertiary/aromatic N) is 2. The topological polar surface area (TPSA) is 89.0 Å². The molecule has 4 rings (SSSR count). The van der Waals surface area contributed by atoms with Gasteiger partial charge in [-0.1, -0.05) is 18.2 Å². The zero-order valence-electron chi connectivity index (χ0n) is 15.9. The number of aromatic nitrogens is 3. The molecule has 0 fully saturated rings. The quantitative estimate of drug-likeness (QED) is 0.532. The maximum Gasteiger partial charge on any atom is 0.267 e. The lowest BCUT2D eigenvalue weighted by Crippen LogP contribution is -2.31. The molecule has 0 bridgehead atoms. The molecule has 0 spiro atoms.